The van der Waals surface area contributed by atoms with Gasteiger partial charge < -0.3 is 10.1 Å². The molecule has 0 unspecified atom stereocenters. The van der Waals surface area contributed by atoms with Crippen LogP contribution in [0.4, 0.5) is 0 Å². The Labute approximate surface area is 106 Å². The van der Waals surface area contributed by atoms with Gasteiger partial charge in [0, 0.05) is 22.8 Å². The topological polar surface area (TPSA) is 38.3 Å². The molecule has 0 aliphatic carbocycles. The second kappa shape index (κ2) is 5.66. The van der Waals surface area contributed by atoms with E-state index in [2.05, 4.69) is 12.2 Å². The number of carbonyl (C=O) groups is 1. The van der Waals surface area contributed by atoms with Gasteiger partial charge in [-0.3, -0.25) is 0 Å². The van der Waals surface area contributed by atoms with Crippen molar-refractivity contribution in [3.8, 4) is 0 Å². The van der Waals surface area contributed by atoms with E-state index >= 15 is 0 Å². The third-order valence-electron chi connectivity index (χ3n) is 2.60. The van der Waals surface area contributed by atoms with Crippen LogP contribution in [-0.4, -0.2) is 18.6 Å². The number of nitrogens with one attached hydrogen (secondary N) is 1. The van der Waals surface area contributed by atoms with Crippen LogP contribution in [-0.2, 0) is 17.7 Å². The molecule has 2 heterocycles. The number of carbonyl (C=O) groups excluding carboxylic acids is 1. The Bertz CT molecular complexity index is 378. The first-order chi connectivity index (χ1) is 7.22. The molecule has 0 saturated heterocycles. The Kier molecular flexibility index (Phi) is 4.77. The fraction of sp³-hybridized carbons (Fsp3) is 0.545. The minimum absolute atomic E-state index is 0. The van der Waals surface area contributed by atoms with Crippen LogP contribution in [0.5, 0.6) is 0 Å². The SMILES string of the molecule is CCOC(=O)c1csc2c1C[C@@H](C)NC2.Cl. The molecule has 1 aliphatic rings. The maximum absolute atomic E-state index is 11.6. The predicted molar refractivity (Wildman–Crippen MR) is 67.5 cm³/mol. The first-order valence-electron chi connectivity index (χ1n) is 5.22. The first-order valence-corrected chi connectivity index (χ1v) is 6.10. The highest BCUT2D eigenvalue weighted by Crippen LogP contribution is 2.27. The van der Waals surface area contributed by atoms with Crippen molar-refractivity contribution in [3.63, 3.8) is 0 Å². The zero-order valence-corrected chi connectivity index (χ0v) is 11.0. The highest BCUT2D eigenvalue weighted by atomic mass is 35.5. The maximum Gasteiger partial charge on any atom is 0.339 e. The summed E-state index contributed by atoms with van der Waals surface area (Å²) in [7, 11) is 0. The Morgan fingerprint density at radius 1 is 1.69 bits per heavy atom. The molecule has 0 bridgehead atoms. The summed E-state index contributed by atoms with van der Waals surface area (Å²) in [4.78, 5) is 12.9. The number of halogens is 1. The van der Waals surface area contributed by atoms with Gasteiger partial charge in [-0.1, -0.05) is 0 Å². The van der Waals surface area contributed by atoms with Gasteiger partial charge in [-0.05, 0) is 25.8 Å². The fourth-order valence-electron chi connectivity index (χ4n) is 1.82. The van der Waals surface area contributed by atoms with Crippen molar-refractivity contribution < 1.29 is 9.53 Å². The van der Waals surface area contributed by atoms with Gasteiger partial charge in [0.25, 0.3) is 0 Å². The second-order valence-corrected chi connectivity index (χ2v) is 4.72. The Balaban J connectivity index is 0.00000128. The van der Waals surface area contributed by atoms with E-state index in [1.807, 2.05) is 12.3 Å². The van der Waals surface area contributed by atoms with E-state index in [1.54, 1.807) is 11.3 Å². The van der Waals surface area contributed by atoms with Crippen LogP contribution in [0.15, 0.2) is 5.38 Å². The molecule has 2 rings (SSSR count). The number of esters is 1. The maximum atomic E-state index is 11.6. The van der Waals surface area contributed by atoms with Crippen molar-refractivity contribution in [2.24, 2.45) is 0 Å². The molecule has 0 aromatic carbocycles. The van der Waals surface area contributed by atoms with E-state index in [1.165, 1.54) is 10.4 Å². The molecule has 1 aromatic heterocycles. The highest BCUT2D eigenvalue weighted by Gasteiger charge is 2.23. The summed E-state index contributed by atoms with van der Waals surface area (Å²) in [6.07, 6.45) is 0.924. The van der Waals surface area contributed by atoms with Gasteiger partial charge in [0.2, 0.25) is 0 Å². The molecule has 90 valence electrons. The molecular formula is C11H16ClNO2S. The molecule has 0 fully saturated rings. The molecule has 1 atom stereocenters. The molecule has 1 aromatic rings. The zero-order chi connectivity index (χ0) is 10.8. The lowest BCUT2D eigenvalue weighted by molar-refractivity contribution is 0.0525. The van der Waals surface area contributed by atoms with E-state index in [0.29, 0.717) is 12.6 Å². The van der Waals surface area contributed by atoms with Gasteiger partial charge in [0.1, 0.15) is 0 Å². The van der Waals surface area contributed by atoms with Gasteiger partial charge in [-0.15, -0.1) is 23.7 Å². The lowest BCUT2D eigenvalue weighted by Crippen LogP contribution is -2.32. The molecule has 0 saturated carbocycles. The molecule has 0 spiro atoms. The normalized spacial score (nSPS) is 18.5. The van der Waals surface area contributed by atoms with Gasteiger partial charge in [0.15, 0.2) is 0 Å². The van der Waals surface area contributed by atoms with E-state index in [0.717, 1.165) is 18.5 Å². The third kappa shape index (κ3) is 2.56. The van der Waals surface area contributed by atoms with E-state index < -0.39 is 0 Å². The third-order valence-corrected chi connectivity index (χ3v) is 3.63. The van der Waals surface area contributed by atoms with Crippen molar-refractivity contribution >= 4 is 29.7 Å². The average molecular weight is 262 g/mol. The number of rotatable bonds is 2. The lowest BCUT2D eigenvalue weighted by atomic mass is 10.00. The van der Waals surface area contributed by atoms with Crippen LogP contribution in [0.1, 0.15) is 34.6 Å². The number of ether oxygens (including phenoxy) is 1. The van der Waals surface area contributed by atoms with Gasteiger partial charge in [-0.25, -0.2) is 4.79 Å². The average Bonchev–Trinajstić information content (AvgIpc) is 2.60. The summed E-state index contributed by atoms with van der Waals surface area (Å²) in [5, 5.41) is 5.30. The van der Waals surface area contributed by atoms with Crippen LogP contribution < -0.4 is 5.32 Å². The van der Waals surface area contributed by atoms with E-state index in [-0.39, 0.29) is 18.4 Å². The van der Waals surface area contributed by atoms with Crippen molar-refractivity contribution in [2.45, 2.75) is 32.9 Å². The summed E-state index contributed by atoms with van der Waals surface area (Å²) in [5.74, 6) is -0.177. The summed E-state index contributed by atoms with van der Waals surface area (Å²) in [6, 6.07) is 0.445. The minimum atomic E-state index is -0.177. The van der Waals surface area contributed by atoms with Crippen molar-refractivity contribution in [2.75, 3.05) is 6.61 Å². The Morgan fingerprint density at radius 3 is 3.12 bits per heavy atom. The highest BCUT2D eigenvalue weighted by molar-refractivity contribution is 7.10. The Hall–Kier alpha value is -0.580. The molecule has 0 amide bonds. The number of hydrogen-bond donors (Lipinski definition) is 1. The van der Waals surface area contributed by atoms with Crippen LogP contribution in [0.25, 0.3) is 0 Å². The standard InChI is InChI=1S/C11H15NO2S.ClH/c1-3-14-11(13)9-6-15-10-5-12-7(2)4-8(9)10;/h6-7,12H,3-5H2,1-2H3;1H/t7-;/m1./s1. The summed E-state index contributed by atoms with van der Waals surface area (Å²) >= 11 is 1.64. The quantitative estimate of drug-likeness (QED) is 0.831. The lowest BCUT2D eigenvalue weighted by Gasteiger charge is -2.20. The molecular weight excluding hydrogens is 246 g/mol. The molecule has 16 heavy (non-hydrogen) atoms. The van der Waals surface area contributed by atoms with Gasteiger partial charge >= 0.3 is 5.97 Å². The van der Waals surface area contributed by atoms with Crippen molar-refractivity contribution in [1.29, 1.82) is 0 Å². The monoisotopic (exact) mass is 261 g/mol. The molecule has 3 nitrogen and oxygen atoms in total. The van der Waals surface area contributed by atoms with Crippen LogP contribution >= 0.6 is 23.7 Å². The summed E-state index contributed by atoms with van der Waals surface area (Å²) < 4.78 is 5.03. The smallest absolute Gasteiger partial charge is 0.339 e. The molecule has 0 radical (unpaired) electrons. The first kappa shape index (κ1) is 13.5. The number of fused-ring (bicyclic) bond motifs is 1. The van der Waals surface area contributed by atoms with Crippen LogP contribution in [0, 0.1) is 0 Å². The largest absolute Gasteiger partial charge is 0.462 e. The second-order valence-electron chi connectivity index (χ2n) is 3.76. The van der Waals surface area contributed by atoms with Gasteiger partial charge in [-0.2, -0.15) is 0 Å². The molecule has 1 N–H and O–H groups in total. The molecule has 5 heteroatoms. The molecule has 1 aliphatic heterocycles. The van der Waals surface area contributed by atoms with Crippen LogP contribution in [0.3, 0.4) is 0 Å². The number of thiophene rings is 1. The summed E-state index contributed by atoms with van der Waals surface area (Å²) in [6.45, 7) is 5.29. The Morgan fingerprint density at radius 2 is 2.44 bits per heavy atom. The predicted octanol–water partition coefficient (Wildman–Crippen LogP) is 2.38. The van der Waals surface area contributed by atoms with Gasteiger partial charge in [0.05, 0.1) is 12.2 Å². The minimum Gasteiger partial charge on any atom is -0.462 e. The van der Waals surface area contributed by atoms with Crippen LogP contribution in [0.2, 0.25) is 0 Å². The van der Waals surface area contributed by atoms with Crippen molar-refractivity contribution in [3.05, 3.63) is 21.4 Å². The van der Waals surface area contributed by atoms with E-state index in [4.69, 9.17) is 4.74 Å². The zero-order valence-electron chi connectivity index (χ0n) is 9.41. The fourth-order valence-corrected chi connectivity index (χ4v) is 2.82. The summed E-state index contributed by atoms with van der Waals surface area (Å²) in [5.41, 5.74) is 1.95. The number of hydrogen-bond acceptors (Lipinski definition) is 4. The van der Waals surface area contributed by atoms with E-state index in [9.17, 15) is 4.79 Å². The van der Waals surface area contributed by atoms with Crippen molar-refractivity contribution in [1.82, 2.24) is 5.32 Å².